The first kappa shape index (κ1) is 14.5. The molecule has 2 aromatic rings. The third kappa shape index (κ3) is 2.84. The molecule has 0 bridgehead atoms. The monoisotopic (exact) mass is 320 g/mol. The molecule has 104 valence electrons. The minimum atomic E-state index is -3.61. The molecular formula is C11H13ClN2O3S2. The number of rotatable bonds is 4. The van der Waals surface area contributed by atoms with Crippen molar-refractivity contribution in [1.82, 2.24) is 9.46 Å². The molecule has 0 radical (unpaired) electrons. The number of aryl methyl sites for hydroxylation is 2. The van der Waals surface area contributed by atoms with Gasteiger partial charge in [0.1, 0.15) is 10.6 Å². The van der Waals surface area contributed by atoms with E-state index in [0.29, 0.717) is 15.8 Å². The topological polar surface area (TPSA) is 63.4 Å². The molecule has 8 heteroatoms. The lowest BCUT2D eigenvalue weighted by atomic mass is 10.4. The number of sulfonamides is 1. The molecule has 2 heterocycles. The Balaban J connectivity index is 2.30. The van der Waals surface area contributed by atoms with Crippen molar-refractivity contribution in [1.29, 1.82) is 0 Å². The maximum absolute atomic E-state index is 12.4. The zero-order valence-corrected chi connectivity index (χ0v) is 13.1. The quantitative estimate of drug-likeness (QED) is 0.869. The Hall–Kier alpha value is -0.890. The molecule has 0 aliphatic carbocycles. The Bertz CT molecular complexity index is 671. The summed E-state index contributed by atoms with van der Waals surface area (Å²) >= 11 is 7.19. The molecule has 2 aromatic heterocycles. The number of nitrogens with zero attached hydrogens (tertiary/aromatic N) is 2. The fraction of sp³-hybridized carbons (Fsp3) is 0.364. The summed E-state index contributed by atoms with van der Waals surface area (Å²) in [7, 11) is -2.08. The van der Waals surface area contributed by atoms with E-state index in [-0.39, 0.29) is 11.4 Å². The summed E-state index contributed by atoms with van der Waals surface area (Å²) < 4.78 is 31.7. The minimum Gasteiger partial charge on any atom is -0.360 e. The lowest BCUT2D eigenvalue weighted by Crippen LogP contribution is -2.26. The molecule has 0 saturated heterocycles. The lowest BCUT2D eigenvalue weighted by Gasteiger charge is -2.15. The highest BCUT2D eigenvalue weighted by Crippen LogP contribution is 2.26. The number of hydrogen-bond acceptors (Lipinski definition) is 5. The van der Waals surface area contributed by atoms with Gasteiger partial charge < -0.3 is 4.52 Å². The molecule has 0 unspecified atom stereocenters. The summed E-state index contributed by atoms with van der Waals surface area (Å²) in [6.45, 7) is 3.46. The van der Waals surface area contributed by atoms with Crippen LogP contribution in [0.2, 0.25) is 4.34 Å². The summed E-state index contributed by atoms with van der Waals surface area (Å²) in [4.78, 5) is 1.01. The molecular weight excluding hydrogens is 308 g/mol. The zero-order valence-electron chi connectivity index (χ0n) is 10.7. The van der Waals surface area contributed by atoms with Gasteiger partial charge in [0.25, 0.3) is 0 Å². The van der Waals surface area contributed by atoms with E-state index in [2.05, 4.69) is 5.16 Å². The second-order valence-corrected chi connectivity index (χ2v) is 7.90. The molecule has 5 nitrogen and oxygen atoms in total. The second kappa shape index (κ2) is 5.24. The molecule has 0 spiro atoms. The van der Waals surface area contributed by atoms with Crippen molar-refractivity contribution >= 4 is 33.0 Å². The Labute approximate surface area is 120 Å². The van der Waals surface area contributed by atoms with Crippen molar-refractivity contribution in [2.24, 2.45) is 0 Å². The van der Waals surface area contributed by atoms with Crippen LogP contribution < -0.4 is 0 Å². The minimum absolute atomic E-state index is 0.137. The van der Waals surface area contributed by atoms with E-state index in [0.717, 1.165) is 4.88 Å². The van der Waals surface area contributed by atoms with Crippen LogP contribution in [0.15, 0.2) is 21.6 Å². The first-order valence-corrected chi connectivity index (χ1v) is 8.09. The highest BCUT2D eigenvalue weighted by Gasteiger charge is 2.28. The van der Waals surface area contributed by atoms with Gasteiger partial charge in [-0.05, 0) is 26.0 Å². The maximum Gasteiger partial charge on any atom is 0.248 e. The van der Waals surface area contributed by atoms with Gasteiger partial charge in [-0.25, -0.2) is 8.42 Å². The van der Waals surface area contributed by atoms with E-state index < -0.39 is 10.0 Å². The van der Waals surface area contributed by atoms with E-state index in [9.17, 15) is 8.42 Å². The van der Waals surface area contributed by atoms with Gasteiger partial charge in [0.05, 0.1) is 4.34 Å². The first-order valence-electron chi connectivity index (χ1n) is 5.46. The normalized spacial score (nSPS) is 12.3. The molecule has 0 saturated carbocycles. The summed E-state index contributed by atoms with van der Waals surface area (Å²) in [5, 5.41) is 3.68. The van der Waals surface area contributed by atoms with E-state index in [1.54, 1.807) is 19.9 Å². The van der Waals surface area contributed by atoms with Crippen LogP contribution in [-0.4, -0.2) is 24.9 Å². The lowest BCUT2D eigenvalue weighted by molar-refractivity contribution is 0.389. The standard InChI is InChI=1S/C11H13ClN2O3S2/c1-7-11(8(2)17-13-7)19(15,16)14(3)6-9-4-5-10(12)18-9/h4-5H,6H2,1-3H3. The first-order chi connectivity index (χ1) is 8.82. The van der Waals surface area contributed by atoms with Crippen LogP contribution in [0.1, 0.15) is 16.3 Å². The van der Waals surface area contributed by atoms with Crippen molar-refractivity contribution in [3.05, 3.63) is 32.8 Å². The fourth-order valence-corrected chi connectivity index (χ4v) is 4.39. The highest BCUT2D eigenvalue weighted by atomic mass is 35.5. The van der Waals surface area contributed by atoms with Gasteiger partial charge in [-0.15, -0.1) is 11.3 Å². The van der Waals surface area contributed by atoms with E-state index in [1.807, 2.05) is 6.07 Å². The molecule has 0 fully saturated rings. The van der Waals surface area contributed by atoms with Gasteiger partial charge in [-0.2, -0.15) is 4.31 Å². The Kier molecular flexibility index (Phi) is 4.00. The predicted molar refractivity (Wildman–Crippen MR) is 74.0 cm³/mol. The van der Waals surface area contributed by atoms with Crippen molar-refractivity contribution in [3.8, 4) is 0 Å². The predicted octanol–water partition coefficient (Wildman–Crippen LogP) is 2.83. The van der Waals surface area contributed by atoms with Crippen LogP contribution in [0.5, 0.6) is 0 Å². The van der Waals surface area contributed by atoms with Crippen LogP contribution in [-0.2, 0) is 16.6 Å². The molecule has 2 rings (SSSR count). The SMILES string of the molecule is Cc1noc(C)c1S(=O)(=O)N(C)Cc1ccc(Cl)s1. The summed E-state index contributed by atoms with van der Waals surface area (Å²) in [6.07, 6.45) is 0. The van der Waals surface area contributed by atoms with E-state index >= 15 is 0 Å². The van der Waals surface area contributed by atoms with Gasteiger partial charge >= 0.3 is 0 Å². The third-order valence-corrected chi connectivity index (χ3v) is 5.91. The average Bonchev–Trinajstić information content (AvgIpc) is 2.85. The maximum atomic E-state index is 12.4. The highest BCUT2D eigenvalue weighted by molar-refractivity contribution is 7.89. The largest absolute Gasteiger partial charge is 0.360 e. The summed E-state index contributed by atoms with van der Waals surface area (Å²) in [5.74, 6) is 0.300. The molecule has 19 heavy (non-hydrogen) atoms. The third-order valence-electron chi connectivity index (χ3n) is 2.64. The molecule has 0 atom stereocenters. The summed E-state index contributed by atoms with van der Waals surface area (Å²) in [5.41, 5.74) is 0.369. The van der Waals surface area contributed by atoms with Crippen molar-refractivity contribution in [3.63, 3.8) is 0 Å². The Morgan fingerprint density at radius 1 is 1.42 bits per heavy atom. The molecule has 0 aliphatic heterocycles. The van der Waals surface area contributed by atoms with Gasteiger partial charge in [0, 0.05) is 18.5 Å². The number of aromatic nitrogens is 1. The van der Waals surface area contributed by atoms with Gasteiger partial charge in [0.2, 0.25) is 10.0 Å². The van der Waals surface area contributed by atoms with E-state index in [4.69, 9.17) is 16.1 Å². The van der Waals surface area contributed by atoms with Crippen LogP contribution in [0.4, 0.5) is 0 Å². The zero-order chi connectivity index (χ0) is 14.2. The fourth-order valence-electron chi connectivity index (χ4n) is 1.74. The second-order valence-electron chi connectivity index (χ2n) is 4.12. The van der Waals surface area contributed by atoms with Crippen LogP contribution in [0.3, 0.4) is 0 Å². The van der Waals surface area contributed by atoms with Crippen molar-refractivity contribution < 1.29 is 12.9 Å². The molecule has 0 amide bonds. The van der Waals surface area contributed by atoms with Crippen molar-refractivity contribution in [2.75, 3.05) is 7.05 Å². The Morgan fingerprint density at radius 3 is 2.58 bits per heavy atom. The van der Waals surface area contributed by atoms with Crippen LogP contribution >= 0.6 is 22.9 Å². The Morgan fingerprint density at radius 2 is 2.11 bits per heavy atom. The average molecular weight is 321 g/mol. The number of halogens is 1. The van der Waals surface area contributed by atoms with Gasteiger partial charge in [0.15, 0.2) is 5.76 Å². The van der Waals surface area contributed by atoms with Crippen LogP contribution in [0.25, 0.3) is 0 Å². The molecule has 0 aliphatic rings. The number of thiophene rings is 1. The van der Waals surface area contributed by atoms with Crippen LogP contribution in [0, 0.1) is 13.8 Å². The van der Waals surface area contributed by atoms with Gasteiger partial charge in [-0.1, -0.05) is 16.8 Å². The van der Waals surface area contributed by atoms with Crippen molar-refractivity contribution in [2.45, 2.75) is 25.3 Å². The summed E-state index contributed by atoms with van der Waals surface area (Å²) in [6, 6.07) is 3.56. The van der Waals surface area contributed by atoms with E-state index in [1.165, 1.54) is 22.7 Å². The molecule has 0 aromatic carbocycles. The molecule has 0 N–H and O–H groups in total. The van der Waals surface area contributed by atoms with Gasteiger partial charge in [-0.3, -0.25) is 0 Å². The number of hydrogen-bond donors (Lipinski definition) is 0. The smallest absolute Gasteiger partial charge is 0.248 e.